The average Bonchev–Trinajstić information content (AvgIpc) is 2.91. The highest BCUT2D eigenvalue weighted by Gasteiger charge is 2.40. The van der Waals surface area contributed by atoms with Crippen molar-refractivity contribution in [1.29, 1.82) is 0 Å². The van der Waals surface area contributed by atoms with Crippen molar-refractivity contribution in [2.45, 2.75) is 30.4 Å². The monoisotopic (exact) mass is 393 g/mol. The molecule has 0 unspecified atom stereocenters. The lowest BCUT2D eigenvalue weighted by atomic mass is 10.2. The number of sulfonamides is 1. The van der Waals surface area contributed by atoms with Gasteiger partial charge in [-0.3, -0.25) is 0 Å². The van der Waals surface area contributed by atoms with Crippen LogP contribution in [0.1, 0.15) is 12.0 Å². The molecule has 0 aliphatic carbocycles. The van der Waals surface area contributed by atoms with Crippen LogP contribution in [0.5, 0.6) is 5.75 Å². The minimum atomic E-state index is -4.13. The maximum absolute atomic E-state index is 13.2. The third-order valence-electron chi connectivity index (χ3n) is 4.12. The molecule has 1 saturated heterocycles. The van der Waals surface area contributed by atoms with Gasteiger partial charge in [0, 0.05) is 12.6 Å². The first-order valence-corrected chi connectivity index (χ1v) is 11.0. The van der Waals surface area contributed by atoms with E-state index < -0.39 is 45.2 Å². The number of benzene rings is 1. The van der Waals surface area contributed by atoms with Gasteiger partial charge in [-0.2, -0.15) is 4.31 Å². The standard InChI is InChI=1S/C15H23NO7S2/c1-11-3-4-14(23-2)15(7-11)25(21,22)16(8-13(18)9-17)12-5-6-24(19,20)10-12/h3-4,7,12-13,17-18H,5-6,8-10H2,1-2H3/t12-,13-/m1/s1. The van der Waals surface area contributed by atoms with Crippen LogP contribution in [-0.2, 0) is 19.9 Å². The Kier molecular flexibility index (Phi) is 6.10. The first-order valence-electron chi connectivity index (χ1n) is 7.76. The highest BCUT2D eigenvalue weighted by atomic mass is 32.2. The number of hydrogen-bond donors (Lipinski definition) is 2. The molecule has 0 aromatic heterocycles. The fourth-order valence-corrected chi connectivity index (χ4v) is 6.58. The second-order valence-corrected chi connectivity index (χ2v) is 10.2. The number of aliphatic hydroxyl groups excluding tert-OH is 2. The molecule has 0 bridgehead atoms. The minimum Gasteiger partial charge on any atom is -0.495 e. The van der Waals surface area contributed by atoms with Crippen molar-refractivity contribution in [2.24, 2.45) is 0 Å². The number of methoxy groups -OCH3 is 1. The summed E-state index contributed by atoms with van der Waals surface area (Å²) in [7, 11) is -6.12. The van der Waals surface area contributed by atoms with E-state index in [1.807, 2.05) is 0 Å². The van der Waals surface area contributed by atoms with Crippen molar-refractivity contribution in [1.82, 2.24) is 4.31 Å². The Balaban J connectivity index is 2.50. The lowest BCUT2D eigenvalue weighted by molar-refractivity contribution is 0.0729. The summed E-state index contributed by atoms with van der Waals surface area (Å²) >= 11 is 0. The van der Waals surface area contributed by atoms with Gasteiger partial charge in [0.2, 0.25) is 10.0 Å². The van der Waals surface area contributed by atoms with E-state index in [1.165, 1.54) is 19.2 Å². The summed E-state index contributed by atoms with van der Waals surface area (Å²) in [4.78, 5) is -0.0931. The van der Waals surface area contributed by atoms with Gasteiger partial charge in [0.1, 0.15) is 10.6 Å². The van der Waals surface area contributed by atoms with Gasteiger partial charge in [0.05, 0.1) is 31.3 Å². The smallest absolute Gasteiger partial charge is 0.247 e. The van der Waals surface area contributed by atoms with Crippen LogP contribution in [0.25, 0.3) is 0 Å². The SMILES string of the molecule is COc1ccc(C)cc1S(=O)(=O)N(C[C@@H](O)CO)[C@@H]1CCS(=O)(=O)C1. The Hall–Kier alpha value is -1.20. The molecule has 8 nitrogen and oxygen atoms in total. The number of nitrogens with zero attached hydrogens (tertiary/aromatic N) is 1. The third-order valence-corrected chi connectivity index (χ3v) is 7.81. The van der Waals surface area contributed by atoms with Crippen LogP contribution >= 0.6 is 0 Å². The predicted molar refractivity (Wildman–Crippen MR) is 91.8 cm³/mol. The molecule has 0 saturated carbocycles. The van der Waals surface area contributed by atoms with E-state index in [-0.39, 0.29) is 28.6 Å². The molecule has 0 radical (unpaired) electrons. The number of rotatable bonds is 7. The Morgan fingerprint density at radius 3 is 2.60 bits per heavy atom. The molecule has 142 valence electrons. The fraction of sp³-hybridized carbons (Fsp3) is 0.600. The Labute approximate surface area is 148 Å². The van der Waals surface area contributed by atoms with Gasteiger partial charge in [-0.05, 0) is 31.0 Å². The number of ether oxygens (including phenoxy) is 1. The molecule has 2 atom stereocenters. The molecular weight excluding hydrogens is 370 g/mol. The summed E-state index contributed by atoms with van der Waals surface area (Å²) in [5, 5.41) is 18.9. The van der Waals surface area contributed by atoms with Gasteiger partial charge in [0.25, 0.3) is 0 Å². The summed E-state index contributed by atoms with van der Waals surface area (Å²) < 4.78 is 56.0. The van der Waals surface area contributed by atoms with Crippen LogP contribution in [-0.4, -0.2) is 75.3 Å². The number of aliphatic hydroxyl groups is 2. The summed E-state index contributed by atoms with van der Waals surface area (Å²) in [6.45, 7) is 0.706. The first-order chi connectivity index (χ1) is 11.6. The molecule has 1 fully saturated rings. The van der Waals surface area contributed by atoms with Gasteiger partial charge in [-0.25, -0.2) is 16.8 Å². The zero-order valence-electron chi connectivity index (χ0n) is 14.1. The van der Waals surface area contributed by atoms with Gasteiger partial charge in [-0.15, -0.1) is 0 Å². The van der Waals surface area contributed by atoms with Crippen LogP contribution in [0.4, 0.5) is 0 Å². The van der Waals surface area contributed by atoms with Crippen molar-refractivity contribution in [3.63, 3.8) is 0 Å². The molecule has 25 heavy (non-hydrogen) atoms. The quantitative estimate of drug-likeness (QED) is 0.642. The van der Waals surface area contributed by atoms with Crippen molar-refractivity contribution in [3.8, 4) is 5.75 Å². The predicted octanol–water partition coefficient (Wildman–Crippen LogP) is -0.465. The van der Waals surface area contributed by atoms with Crippen molar-refractivity contribution in [3.05, 3.63) is 23.8 Å². The lowest BCUT2D eigenvalue weighted by Gasteiger charge is -2.29. The minimum absolute atomic E-state index is 0.0931. The lowest BCUT2D eigenvalue weighted by Crippen LogP contribution is -2.46. The zero-order chi connectivity index (χ0) is 18.8. The van der Waals surface area contributed by atoms with E-state index in [9.17, 15) is 21.9 Å². The molecule has 0 amide bonds. The van der Waals surface area contributed by atoms with Crippen molar-refractivity contribution in [2.75, 3.05) is 31.8 Å². The van der Waals surface area contributed by atoms with Gasteiger partial charge < -0.3 is 14.9 Å². The summed E-state index contributed by atoms with van der Waals surface area (Å²) in [6.07, 6.45) is -1.16. The van der Waals surface area contributed by atoms with Crippen molar-refractivity contribution < 1.29 is 31.8 Å². The fourth-order valence-electron chi connectivity index (χ4n) is 2.82. The van der Waals surface area contributed by atoms with Crippen molar-refractivity contribution >= 4 is 19.9 Å². The van der Waals surface area contributed by atoms with E-state index in [0.29, 0.717) is 5.56 Å². The van der Waals surface area contributed by atoms with Crippen LogP contribution in [0.3, 0.4) is 0 Å². The second-order valence-electron chi connectivity index (χ2n) is 6.12. The maximum Gasteiger partial charge on any atom is 0.247 e. The van der Waals surface area contributed by atoms with Crippen LogP contribution in [0.2, 0.25) is 0 Å². The molecule has 1 aromatic rings. The molecule has 0 spiro atoms. The molecule has 2 N–H and O–H groups in total. The summed E-state index contributed by atoms with van der Waals surface area (Å²) in [5.41, 5.74) is 0.695. The average molecular weight is 393 g/mol. The van der Waals surface area contributed by atoms with Crippen LogP contribution in [0, 0.1) is 6.92 Å². The molecule has 1 aliphatic rings. The summed E-state index contributed by atoms with van der Waals surface area (Å²) in [5.74, 6) is -0.280. The Morgan fingerprint density at radius 2 is 2.08 bits per heavy atom. The zero-order valence-corrected chi connectivity index (χ0v) is 15.8. The Bertz CT molecular complexity index is 820. The molecular formula is C15H23NO7S2. The number of aryl methyl sites for hydroxylation is 1. The second kappa shape index (κ2) is 7.58. The van der Waals surface area contributed by atoms with E-state index in [0.717, 1.165) is 4.31 Å². The molecule has 1 aromatic carbocycles. The number of hydrogen-bond acceptors (Lipinski definition) is 7. The highest BCUT2D eigenvalue weighted by Crippen LogP contribution is 2.31. The Morgan fingerprint density at radius 1 is 1.40 bits per heavy atom. The number of sulfone groups is 1. The maximum atomic E-state index is 13.2. The van der Waals surface area contributed by atoms with Crippen LogP contribution in [0.15, 0.2) is 23.1 Å². The molecule has 10 heteroatoms. The van der Waals surface area contributed by atoms with E-state index in [2.05, 4.69) is 0 Å². The topological polar surface area (TPSA) is 121 Å². The van der Waals surface area contributed by atoms with Crippen LogP contribution < -0.4 is 4.74 Å². The van der Waals surface area contributed by atoms with E-state index >= 15 is 0 Å². The third kappa shape index (κ3) is 4.50. The van der Waals surface area contributed by atoms with E-state index in [1.54, 1.807) is 13.0 Å². The van der Waals surface area contributed by atoms with E-state index in [4.69, 9.17) is 9.84 Å². The van der Waals surface area contributed by atoms with Gasteiger partial charge in [0.15, 0.2) is 9.84 Å². The highest BCUT2D eigenvalue weighted by molar-refractivity contribution is 7.92. The van der Waals surface area contributed by atoms with Gasteiger partial charge >= 0.3 is 0 Å². The summed E-state index contributed by atoms with van der Waals surface area (Å²) in [6, 6.07) is 3.87. The first kappa shape index (κ1) is 20.1. The van der Waals surface area contributed by atoms with Gasteiger partial charge in [-0.1, -0.05) is 6.07 Å². The molecule has 2 rings (SSSR count). The molecule has 1 aliphatic heterocycles. The normalized spacial score (nSPS) is 21.4. The molecule has 1 heterocycles. The largest absolute Gasteiger partial charge is 0.495 e.